The zero-order valence-electron chi connectivity index (χ0n) is 12.4. The summed E-state index contributed by atoms with van der Waals surface area (Å²) in [5.41, 5.74) is 0. The molecular weight excluding hydrogens is 288 g/mol. The summed E-state index contributed by atoms with van der Waals surface area (Å²) >= 11 is 1.63. The van der Waals surface area contributed by atoms with Gasteiger partial charge in [0.1, 0.15) is 6.04 Å². The summed E-state index contributed by atoms with van der Waals surface area (Å²) in [5.74, 6) is 1.13. The van der Waals surface area contributed by atoms with Gasteiger partial charge in [-0.1, -0.05) is 12.8 Å². The highest BCUT2D eigenvalue weighted by molar-refractivity contribution is 7.99. The molecule has 2 aliphatic heterocycles. The van der Waals surface area contributed by atoms with Crippen LogP contribution in [-0.2, 0) is 4.79 Å². The lowest BCUT2D eigenvalue weighted by Crippen LogP contribution is -2.59. The number of likely N-dealkylation sites (tertiary alicyclic amines) is 1. The van der Waals surface area contributed by atoms with Crippen molar-refractivity contribution in [3.8, 4) is 0 Å². The normalized spacial score (nSPS) is 33.4. The monoisotopic (exact) mass is 312 g/mol. The summed E-state index contributed by atoms with van der Waals surface area (Å²) < 4.78 is 0. The van der Waals surface area contributed by atoms with E-state index < -0.39 is 12.0 Å². The molecule has 2 heterocycles. The van der Waals surface area contributed by atoms with Crippen molar-refractivity contribution < 1.29 is 14.7 Å². The van der Waals surface area contributed by atoms with Gasteiger partial charge in [0.2, 0.25) is 0 Å². The molecule has 3 rings (SSSR count). The van der Waals surface area contributed by atoms with Gasteiger partial charge in [0.25, 0.3) is 0 Å². The molecule has 0 radical (unpaired) electrons. The van der Waals surface area contributed by atoms with Crippen molar-refractivity contribution in [3.05, 3.63) is 0 Å². The molecule has 3 atom stereocenters. The number of carboxylic acid groups (broad SMARTS) is 1. The van der Waals surface area contributed by atoms with Crippen LogP contribution in [0.3, 0.4) is 0 Å². The number of carbonyl (C=O) groups excluding carboxylic acids is 1. The number of thioether (sulfide) groups is 1. The molecule has 0 bridgehead atoms. The highest BCUT2D eigenvalue weighted by atomic mass is 32.2. The predicted molar refractivity (Wildman–Crippen MR) is 82.5 cm³/mol. The van der Waals surface area contributed by atoms with E-state index in [1.165, 1.54) is 25.7 Å². The van der Waals surface area contributed by atoms with Gasteiger partial charge in [-0.2, -0.15) is 11.8 Å². The number of rotatable bonds is 1. The Morgan fingerprint density at radius 1 is 1.00 bits per heavy atom. The van der Waals surface area contributed by atoms with Gasteiger partial charge in [0.05, 0.1) is 0 Å². The molecule has 3 fully saturated rings. The topological polar surface area (TPSA) is 60.9 Å². The Labute approximate surface area is 130 Å². The number of fused-ring (bicyclic) bond motifs is 1. The molecule has 118 valence electrons. The van der Waals surface area contributed by atoms with Gasteiger partial charge < -0.3 is 14.9 Å². The molecule has 1 saturated carbocycles. The summed E-state index contributed by atoms with van der Waals surface area (Å²) in [4.78, 5) is 27.9. The predicted octanol–water partition coefficient (Wildman–Crippen LogP) is 2.26. The first-order chi connectivity index (χ1) is 10.2. The SMILES string of the molecule is O=C(O)C1CSCCN1C(=O)N1CCC[C@H]2CCCC[C@H]21. The van der Waals surface area contributed by atoms with Gasteiger partial charge >= 0.3 is 12.0 Å². The lowest BCUT2D eigenvalue weighted by Gasteiger charge is -2.47. The Morgan fingerprint density at radius 3 is 2.57 bits per heavy atom. The fourth-order valence-corrected chi connectivity index (χ4v) is 5.10. The maximum Gasteiger partial charge on any atom is 0.327 e. The zero-order chi connectivity index (χ0) is 14.8. The summed E-state index contributed by atoms with van der Waals surface area (Å²) in [6, 6.07) is -0.330. The Balaban J connectivity index is 1.74. The summed E-state index contributed by atoms with van der Waals surface area (Å²) in [5, 5.41) is 9.36. The van der Waals surface area contributed by atoms with Crippen molar-refractivity contribution >= 4 is 23.8 Å². The van der Waals surface area contributed by atoms with E-state index in [2.05, 4.69) is 0 Å². The molecule has 3 aliphatic rings. The van der Waals surface area contributed by atoms with Gasteiger partial charge in [-0.25, -0.2) is 9.59 Å². The van der Waals surface area contributed by atoms with Crippen LogP contribution in [0.15, 0.2) is 0 Å². The number of aliphatic carboxylic acids is 1. The molecule has 1 unspecified atom stereocenters. The molecule has 0 aromatic rings. The van der Waals surface area contributed by atoms with Gasteiger partial charge in [-0.3, -0.25) is 0 Å². The Hall–Kier alpha value is -0.910. The molecule has 0 aromatic carbocycles. The van der Waals surface area contributed by atoms with Crippen LogP contribution in [0.5, 0.6) is 0 Å². The van der Waals surface area contributed by atoms with E-state index in [0.717, 1.165) is 25.1 Å². The van der Waals surface area contributed by atoms with E-state index in [1.54, 1.807) is 16.7 Å². The Kier molecular flexibility index (Phi) is 4.62. The summed E-state index contributed by atoms with van der Waals surface area (Å²) in [7, 11) is 0. The number of hydrogen-bond acceptors (Lipinski definition) is 3. The fourth-order valence-electron chi connectivity index (χ4n) is 4.06. The first kappa shape index (κ1) is 15.0. The quantitative estimate of drug-likeness (QED) is 0.807. The molecule has 1 aliphatic carbocycles. The van der Waals surface area contributed by atoms with Crippen LogP contribution in [0.2, 0.25) is 0 Å². The maximum absolute atomic E-state index is 12.9. The van der Waals surface area contributed by atoms with Gasteiger partial charge in [0, 0.05) is 30.6 Å². The van der Waals surface area contributed by atoms with Crippen molar-refractivity contribution in [1.29, 1.82) is 0 Å². The standard InChI is InChI=1S/C15H24N2O3S/c18-14(19)13-10-21-9-8-17(13)15(20)16-7-3-5-11-4-1-2-6-12(11)16/h11-13H,1-10H2,(H,18,19)/t11-,12-,13?/m1/s1. The second-order valence-electron chi connectivity index (χ2n) is 6.35. The number of carbonyl (C=O) groups is 2. The highest BCUT2D eigenvalue weighted by Gasteiger charge is 2.41. The van der Waals surface area contributed by atoms with E-state index in [0.29, 0.717) is 24.3 Å². The lowest BCUT2D eigenvalue weighted by atomic mass is 9.78. The van der Waals surface area contributed by atoms with Crippen molar-refractivity contribution in [2.75, 3.05) is 24.6 Å². The number of nitrogens with zero attached hydrogens (tertiary/aromatic N) is 2. The highest BCUT2D eigenvalue weighted by Crippen LogP contribution is 2.36. The van der Waals surface area contributed by atoms with Gasteiger partial charge in [0.15, 0.2) is 0 Å². The van der Waals surface area contributed by atoms with Gasteiger partial charge in [-0.15, -0.1) is 0 Å². The molecule has 1 N–H and O–H groups in total. The van der Waals surface area contributed by atoms with Crippen LogP contribution in [0.25, 0.3) is 0 Å². The molecule has 2 amide bonds. The van der Waals surface area contributed by atoms with E-state index in [9.17, 15) is 14.7 Å². The van der Waals surface area contributed by atoms with Crippen LogP contribution < -0.4 is 0 Å². The minimum atomic E-state index is -0.868. The minimum Gasteiger partial charge on any atom is -0.480 e. The van der Waals surface area contributed by atoms with Crippen molar-refractivity contribution in [2.24, 2.45) is 5.92 Å². The third-order valence-corrected chi connectivity index (χ3v) is 6.17. The molecule has 2 saturated heterocycles. The van der Waals surface area contributed by atoms with Crippen molar-refractivity contribution in [2.45, 2.75) is 50.6 Å². The third-order valence-electron chi connectivity index (χ3n) is 5.15. The van der Waals surface area contributed by atoms with Crippen molar-refractivity contribution in [1.82, 2.24) is 9.80 Å². The second kappa shape index (κ2) is 6.46. The fraction of sp³-hybridized carbons (Fsp3) is 0.867. The van der Waals surface area contributed by atoms with Crippen molar-refractivity contribution in [3.63, 3.8) is 0 Å². The molecule has 5 nitrogen and oxygen atoms in total. The van der Waals surface area contributed by atoms with E-state index in [4.69, 9.17) is 0 Å². The second-order valence-corrected chi connectivity index (χ2v) is 7.50. The first-order valence-electron chi connectivity index (χ1n) is 8.06. The maximum atomic E-state index is 12.9. The average molecular weight is 312 g/mol. The molecule has 21 heavy (non-hydrogen) atoms. The number of carboxylic acids is 1. The first-order valence-corrected chi connectivity index (χ1v) is 9.21. The number of amides is 2. The number of piperidine rings is 1. The van der Waals surface area contributed by atoms with Crippen LogP contribution in [0, 0.1) is 5.92 Å². The molecule has 0 aromatic heterocycles. The van der Waals surface area contributed by atoms with E-state index >= 15 is 0 Å². The van der Waals surface area contributed by atoms with Crippen LogP contribution in [0.1, 0.15) is 38.5 Å². The average Bonchev–Trinajstić information content (AvgIpc) is 2.53. The third kappa shape index (κ3) is 3.00. The minimum absolute atomic E-state index is 0.0284. The largest absolute Gasteiger partial charge is 0.480 e. The Bertz CT molecular complexity index is 416. The molecule has 0 spiro atoms. The van der Waals surface area contributed by atoms with Crippen LogP contribution >= 0.6 is 11.8 Å². The summed E-state index contributed by atoms with van der Waals surface area (Å²) in [6.45, 7) is 1.37. The number of urea groups is 1. The lowest BCUT2D eigenvalue weighted by molar-refractivity contribution is -0.141. The number of hydrogen-bond donors (Lipinski definition) is 1. The van der Waals surface area contributed by atoms with Gasteiger partial charge in [-0.05, 0) is 31.6 Å². The van der Waals surface area contributed by atoms with E-state index in [-0.39, 0.29) is 6.03 Å². The smallest absolute Gasteiger partial charge is 0.327 e. The zero-order valence-corrected chi connectivity index (χ0v) is 13.2. The molecule has 6 heteroatoms. The van der Waals surface area contributed by atoms with E-state index in [1.807, 2.05) is 4.90 Å². The molecular formula is C15H24N2O3S. The summed E-state index contributed by atoms with van der Waals surface area (Å²) in [6.07, 6.45) is 7.09. The van der Waals surface area contributed by atoms with Crippen LogP contribution in [0.4, 0.5) is 4.79 Å². The van der Waals surface area contributed by atoms with Crippen LogP contribution in [-0.4, -0.2) is 63.6 Å². The Morgan fingerprint density at radius 2 is 1.76 bits per heavy atom.